The molecule has 0 unspecified atom stereocenters. The van der Waals surface area contributed by atoms with Gasteiger partial charge in [-0.15, -0.1) is 11.3 Å². The maximum absolute atomic E-state index is 3.51. The summed E-state index contributed by atoms with van der Waals surface area (Å²) in [7, 11) is 0. The normalized spacial score (nSPS) is 12.0. The molecule has 1 aromatic rings. The van der Waals surface area contributed by atoms with Crippen molar-refractivity contribution in [3.63, 3.8) is 0 Å². The molecule has 0 aliphatic rings. The lowest BCUT2D eigenvalue weighted by Gasteiger charge is -2.20. The molecule has 0 fully saturated rings. The van der Waals surface area contributed by atoms with Gasteiger partial charge in [-0.25, -0.2) is 0 Å². The third-order valence-corrected chi connectivity index (χ3v) is 3.82. The first-order valence-electron chi connectivity index (χ1n) is 5.47. The van der Waals surface area contributed by atoms with E-state index in [-0.39, 0.29) is 5.54 Å². The third-order valence-electron chi connectivity index (χ3n) is 2.13. The van der Waals surface area contributed by atoms with Crippen LogP contribution in [-0.4, -0.2) is 12.1 Å². The number of hydrogen-bond acceptors (Lipinski definition) is 2. The highest BCUT2D eigenvalue weighted by Gasteiger charge is 2.07. The van der Waals surface area contributed by atoms with Crippen LogP contribution in [0.5, 0.6) is 0 Å². The molecule has 1 N–H and O–H groups in total. The topological polar surface area (TPSA) is 12.0 Å². The van der Waals surface area contributed by atoms with E-state index in [0.717, 1.165) is 6.54 Å². The van der Waals surface area contributed by atoms with Gasteiger partial charge in [-0.1, -0.05) is 0 Å². The molecule has 0 bridgehead atoms. The minimum atomic E-state index is 0.256. The molecule has 0 spiro atoms. The molecule has 0 aliphatic heterocycles. The van der Waals surface area contributed by atoms with Gasteiger partial charge in [0.05, 0.1) is 3.79 Å². The number of thiophene rings is 1. The summed E-state index contributed by atoms with van der Waals surface area (Å²) in [5.41, 5.74) is 0.256. The quantitative estimate of drug-likeness (QED) is 0.801. The van der Waals surface area contributed by atoms with Gasteiger partial charge in [0.1, 0.15) is 0 Å². The van der Waals surface area contributed by atoms with Crippen LogP contribution >= 0.6 is 27.3 Å². The zero-order valence-corrected chi connectivity index (χ0v) is 12.2. The van der Waals surface area contributed by atoms with Gasteiger partial charge in [0.25, 0.3) is 0 Å². The molecule has 1 aromatic heterocycles. The van der Waals surface area contributed by atoms with Crippen LogP contribution in [0.1, 0.15) is 38.5 Å². The predicted molar refractivity (Wildman–Crippen MR) is 72.7 cm³/mol. The van der Waals surface area contributed by atoms with E-state index in [1.54, 1.807) is 0 Å². The Kier molecular flexibility index (Phi) is 5.30. The van der Waals surface area contributed by atoms with Gasteiger partial charge < -0.3 is 5.32 Å². The highest BCUT2D eigenvalue weighted by molar-refractivity contribution is 9.11. The molecule has 15 heavy (non-hydrogen) atoms. The van der Waals surface area contributed by atoms with Crippen molar-refractivity contribution in [2.75, 3.05) is 6.54 Å². The van der Waals surface area contributed by atoms with E-state index in [1.165, 1.54) is 27.9 Å². The number of nitrogens with one attached hydrogen (secondary N) is 1. The molecule has 0 saturated heterocycles. The number of aryl methyl sites for hydroxylation is 1. The lowest BCUT2D eigenvalue weighted by Crippen LogP contribution is -2.36. The van der Waals surface area contributed by atoms with Gasteiger partial charge in [0.2, 0.25) is 0 Å². The summed E-state index contributed by atoms with van der Waals surface area (Å²) in [5.74, 6) is 0. The summed E-state index contributed by atoms with van der Waals surface area (Å²) >= 11 is 5.33. The van der Waals surface area contributed by atoms with Crippen molar-refractivity contribution in [1.29, 1.82) is 0 Å². The van der Waals surface area contributed by atoms with E-state index >= 15 is 0 Å². The van der Waals surface area contributed by atoms with Crippen molar-refractivity contribution in [3.05, 3.63) is 20.8 Å². The maximum Gasteiger partial charge on any atom is 0.0701 e. The number of rotatable bonds is 5. The molecule has 0 saturated carbocycles. The van der Waals surface area contributed by atoms with Crippen LogP contribution in [0.3, 0.4) is 0 Å². The first-order valence-corrected chi connectivity index (χ1v) is 7.07. The fourth-order valence-electron chi connectivity index (χ4n) is 1.37. The van der Waals surface area contributed by atoms with Crippen molar-refractivity contribution >= 4 is 27.3 Å². The highest BCUT2D eigenvalue weighted by atomic mass is 79.9. The molecule has 1 heterocycles. The molecule has 0 aromatic carbocycles. The first kappa shape index (κ1) is 13.2. The Bertz CT molecular complexity index is 288. The van der Waals surface area contributed by atoms with Crippen LogP contribution in [0.15, 0.2) is 15.9 Å². The number of halogens is 1. The van der Waals surface area contributed by atoms with Crippen LogP contribution in [0.2, 0.25) is 0 Å². The van der Waals surface area contributed by atoms with E-state index in [1.807, 2.05) is 11.3 Å². The molecule has 3 heteroatoms. The SMILES string of the molecule is CC(C)(C)NCCCCc1ccc(Br)s1. The number of hydrogen-bond donors (Lipinski definition) is 1. The van der Waals surface area contributed by atoms with Crippen molar-refractivity contribution in [2.45, 2.75) is 45.6 Å². The van der Waals surface area contributed by atoms with Crippen LogP contribution in [0.25, 0.3) is 0 Å². The standard InChI is InChI=1S/C12H20BrNS/c1-12(2,3)14-9-5-4-6-10-7-8-11(13)15-10/h7-8,14H,4-6,9H2,1-3H3. The summed E-state index contributed by atoms with van der Waals surface area (Å²) in [6.45, 7) is 7.76. The second-order valence-corrected chi connectivity index (χ2v) is 7.39. The fourth-order valence-corrected chi connectivity index (χ4v) is 2.90. The second kappa shape index (κ2) is 6.02. The van der Waals surface area contributed by atoms with Gasteiger partial charge in [-0.2, -0.15) is 0 Å². The Labute approximate surface area is 105 Å². The zero-order valence-electron chi connectivity index (χ0n) is 9.77. The van der Waals surface area contributed by atoms with Crippen LogP contribution in [-0.2, 0) is 6.42 Å². The summed E-state index contributed by atoms with van der Waals surface area (Å²) in [5, 5.41) is 3.51. The molecular weight excluding hydrogens is 270 g/mol. The minimum Gasteiger partial charge on any atom is -0.312 e. The van der Waals surface area contributed by atoms with E-state index in [4.69, 9.17) is 0 Å². The van der Waals surface area contributed by atoms with Gasteiger partial charge in [-0.3, -0.25) is 0 Å². The van der Waals surface area contributed by atoms with Crippen molar-refractivity contribution in [1.82, 2.24) is 5.32 Å². The lowest BCUT2D eigenvalue weighted by atomic mass is 10.1. The summed E-state index contributed by atoms with van der Waals surface area (Å²) in [6.07, 6.45) is 3.74. The van der Waals surface area contributed by atoms with Crippen molar-refractivity contribution < 1.29 is 0 Å². The molecule has 0 aliphatic carbocycles. The maximum atomic E-state index is 3.51. The largest absolute Gasteiger partial charge is 0.312 e. The molecular formula is C12H20BrNS. The number of unbranched alkanes of at least 4 members (excludes halogenated alkanes) is 1. The monoisotopic (exact) mass is 289 g/mol. The smallest absolute Gasteiger partial charge is 0.0701 e. The minimum absolute atomic E-state index is 0.256. The summed E-state index contributed by atoms with van der Waals surface area (Å²) < 4.78 is 1.24. The predicted octanol–water partition coefficient (Wildman–Crippen LogP) is 4.22. The van der Waals surface area contributed by atoms with Crippen LogP contribution in [0, 0.1) is 0 Å². The Morgan fingerprint density at radius 2 is 2.00 bits per heavy atom. The molecule has 0 atom stereocenters. The van der Waals surface area contributed by atoms with Crippen molar-refractivity contribution in [2.24, 2.45) is 0 Å². The average Bonchev–Trinajstić information content (AvgIpc) is 2.49. The Balaban J connectivity index is 2.07. The van der Waals surface area contributed by atoms with E-state index in [0.29, 0.717) is 0 Å². The van der Waals surface area contributed by atoms with Crippen LogP contribution in [0.4, 0.5) is 0 Å². The highest BCUT2D eigenvalue weighted by Crippen LogP contribution is 2.23. The third kappa shape index (κ3) is 6.33. The van der Waals surface area contributed by atoms with E-state index in [9.17, 15) is 0 Å². The van der Waals surface area contributed by atoms with Crippen molar-refractivity contribution in [3.8, 4) is 0 Å². The average molecular weight is 290 g/mol. The molecule has 1 rings (SSSR count). The molecule has 1 nitrogen and oxygen atoms in total. The van der Waals surface area contributed by atoms with E-state index < -0.39 is 0 Å². The Hall–Kier alpha value is 0.140. The molecule has 0 radical (unpaired) electrons. The van der Waals surface area contributed by atoms with Gasteiger partial charge >= 0.3 is 0 Å². The molecule has 86 valence electrons. The summed E-state index contributed by atoms with van der Waals surface area (Å²) in [4.78, 5) is 1.48. The van der Waals surface area contributed by atoms with Gasteiger partial charge in [0, 0.05) is 10.4 Å². The molecule has 0 amide bonds. The first-order chi connectivity index (χ1) is 6.97. The Morgan fingerprint density at radius 3 is 2.53 bits per heavy atom. The van der Waals surface area contributed by atoms with Gasteiger partial charge in [-0.05, 0) is 74.6 Å². The Morgan fingerprint density at radius 1 is 1.27 bits per heavy atom. The van der Waals surface area contributed by atoms with Gasteiger partial charge in [0.15, 0.2) is 0 Å². The van der Waals surface area contributed by atoms with E-state index in [2.05, 4.69) is 54.2 Å². The van der Waals surface area contributed by atoms with Crippen LogP contribution < -0.4 is 5.32 Å². The zero-order chi connectivity index (χ0) is 11.3. The summed E-state index contributed by atoms with van der Waals surface area (Å²) in [6, 6.07) is 4.35. The lowest BCUT2D eigenvalue weighted by molar-refractivity contribution is 0.419. The fraction of sp³-hybridized carbons (Fsp3) is 0.667. The second-order valence-electron chi connectivity index (χ2n) is 4.84.